The molecule has 1 saturated carbocycles. The Kier molecular flexibility index (Phi) is 2.32. The van der Waals surface area contributed by atoms with E-state index in [1.54, 1.807) is 0 Å². The van der Waals surface area contributed by atoms with Crippen molar-refractivity contribution < 1.29 is 4.79 Å². The third kappa shape index (κ3) is 1.67. The van der Waals surface area contributed by atoms with Crippen molar-refractivity contribution >= 4 is 22.4 Å². The summed E-state index contributed by atoms with van der Waals surface area (Å²) < 4.78 is 0. The van der Waals surface area contributed by atoms with Crippen molar-refractivity contribution in [2.24, 2.45) is 17.8 Å². The van der Waals surface area contributed by atoms with Crippen LogP contribution in [0.2, 0.25) is 0 Å². The molecular formula is C12H14N2OS. The van der Waals surface area contributed by atoms with Gasteiger partial charge in [0.25, 0.3) is 0 Å². The maximum absolute atomic E-state index is 12.0. The predicted molar refractivity (Wildman–Crippen MR) is 64.3 cm³/mol. The van der Waals surface area contributed by atoms with Gasteiger partial charge < -0.3 is 5.32 Å². The van der Waals surface area contributed by atoms with E-state index in [9.17, 15) is 4.79 Å². The van der Waals surface area contributed by atoms with E-state index in [2.05, 4.69) is 22.5 Å². The van der Waals surface area contributed by atoms with Crippen LogP contribution in [0.25, 0.3) is 0 Å². The number of allylic oxidation sites excluding steroid dienone is 2. The Labute approximate surface area is 98.6 Å². The molecule has 1 N–H and O–H groups in total. The first-order chi connectivity index (χ1) is 7.72. The highest BCUT2D eigenvalue weighted by Gasteiger charge is 2.39. The smallest absolute Gasteiger partial charge is 0.229 e. The molecule has 3 rings (SSSR count). The molecule has 2 aliphatic rings. The molecule has 0 radical (unpaired) electrons. The van der Waals surface area contributed by atoms with Gasteiger partial charge in [0.2, 0.25) is 5.91 Å². The van der Waals surface area contributed by atoms with Gasteiger partial charge in [-0.25, -0.2) is 4.98 Å². The zero-order chi connectivity index (χ0) is 11.1. The molecule has 0 saturated heterocycles. The lowest BCUT2D eigenvalue weighted by atomic mass is 9.93. The molecule has 1 heterocycles. The van der Waals surface area contributed by atoms with E-state index in [0.29, 0.717) is 11.8 Å². The SMILES string of the molecule is Cc1csc(NC(=O)C2CC3C=CC2C3)n1. The van der Waals surface area contributed by atoms with E-state index in [1.807, 2.05) is 12.3 Å². The first-order valence-corrected chi connectivity index (χ1v) is 6.51. The number of aryl methyl sites for hydroxylation is 1. The van der Waals surface area contributed by atoms with Crippen molar-refractivity contribution in [3.05, 3.63) is 23.2 Å². The first-order valence-electron chi connectivity index (χ1n) is 5.63. The molecule has 4 heteroatoms. The van der Waals surface area contributed by atoms with E-state index >= 15 is 0 Å². The van der Waals surface area contributed by atoms with Gasteiger partial charge in [-0.15, -0.1) is 11.3 Å². The van der Waals surface area contributed by atoms with Gasteiger partial charge in [0.1, 0.15) is 0 Å². The molecule has 84 valence electrons. The Morgan fingerprint density at radius 1 is 1.50 bits per heavy atom. The van der Waals surface area contributed by atoms with Crippen LogP contribution in [0.15, 0.2) is 17.5 Å². The average molecular weight is 234 g/mol. The summed E-state index contributed by atoms with van der Waals surface area (Å²) >= 11 is 1.50. The van der Waals surface area contributed by atoms with Gasteiger partial charge in [0, 0.05) is 11.3 Å². The summed E-state index contributed by atoms with van der Waals surface area (Å²) in [7, 11) is 0. The van der Waals surface area contributed by atoms with Crippen molar-refractivity contribution in [1.29, 1.82) is 0 Å². The molecule has 1 fully saturated rings. The van der Waals surface area contributed by atoms with Crippen LogP contribution in [0.4, 0.5) is 5.13 Å². The first kappa shape index (κ1) is 10.0. The summed E-state index contributed by atoms with van der Waals surface area (Å²) in [6.45, 7) is 1.94. The fraction of sp³-hybridized carbons (Fsp3) is 0.500. The van der Waals surface area contributed by atoms with Crippen LogP contribution in [0.3, 0.4) is 0 Å². The quantitative estimate of drug-likeness (QED) is 0.799. The van der Waals surface area contributed by atoms with Crippen LogP contribution in [0.5, 0.6) is 0 Å². The van der Waals surface area contributed by atoms with Crippen LogP contribution in [0.1, 0.15) is 18.5 Å². The largest absolute Gasteiger partial charge is 0.302 e. The minimum atomic E-state index is 0.145. The van der Waals surface area contributed by atoms with Gasteiger partial charge in [-0.05, 0) is 31.6 Å². The minimum Gasteiger partial charge on any atom is -0.302 e. The number of nitrogens with zero attached hydrogens (tertiary/aromatic N) is 1. The Morgan fingerprint density at radius 2 is 2.38 bits per heavy atom. The minimum absolute atomic E-state index is 0.145. The summed E-state index contributed by atoms with van der Waals surface area (Å²) in [6, 6.07) is 0. The summed E-state index contributed by atoms with van der Waals surface area (Å²) in [5, 5.41) is 5.61. The molecule has 2 bridgehead atoms. The molecule has 1 aromatic rings. The van der Waals surface area contributed by atoms with Gasteiger partial charge in [0.15, 0.2) is 5.13 Å². The van der Waals surface area contributed by atoms with Crippen LogP contribution < -0.4 is 5.32 Å². The molecule has 16 heavy (non-hydrogen) atoms. The highest BCUT2D eigenvalue weighted by atomic mass is 32.1. The molecule has 3 nitrogen and oxygen atoms in total. The molecular weight excluding hydrogens is 220 g/mol. The number of hydrogen-bond acceptors (Lipinski definition) is 3. The third-order valence-electron chi connectivity index (χ3n) is 3.46. The van der Waals surface area contributed by atoms with Gasteiger partial charge in [-0.3, -0.25) is 4.79 Å². The van der Waals surface area contributed by atoms with Gasteiger partial charge in [0.05, 0.1) is 5.69 Å². The standard InChI is InChI=1S/C12H14N2OS/c1-7-6-16-12(13-7)14-11(15)10-5-8-2-3-9(10)4-8/h2-3,6,8-10H,4-5H2,1H3,(H,13,14,15). The molecule has 0 aliphatic heterocycles. The molecule has 1 amide bonds. The average Bonchev–Trinajstić information content (AvgIpc) is 2.93. The van der Waals surface area contributed by atoms with Gasteiger partial charge in [-0.1, -0.05) is 12.2 Å². The monoisotopic (exact) mass is 234 g/mol. The fourth-order valence-corrected chi connectivity index (χ4v) is 3.38. The highest BCUT2D eigenvalue weighted by Crippen LogP contribution is 2.43. The van der Waals surface area contributed by atoms with Crippen LogP contribution in [-0.4, -0.2) is 10.9 Å². The maximum Gasteiger partial charge on any atom is 0.229 e. The molecule has 2 aliphatic carbocycles. The summed E-state index contributed by atoms with van der Waals surface area (Å²) in [5.74, 6) is 1.41. The predicted octanol–water partition coefficient (Wildman–Crippen LogP) is 2.60. The summed E-state index contributed by atoms with van der Waals surface area (Å²) in [4.78, 5) is 16.3. The maximum atomic E-state index is 12.0. The van der Waals surface area contributed by atoms with Crippen LogP contribution in [-0.2, 0) is 4.79 Å². The fourth-order valence-electron chi connectivity index (χ4n) is 2.69. The lowest BCUT2D eigenvalue weighted by Gasteiger charge is -2.16. The zero-order valence-electron chi connectivity index (χ0n) is 9.14. The van der Waals surface area contributed by atoms with E-state index in [1.165, 1.54) is 11.3 Å². The second kappa shape index (κ2) is 3.70. The van der Waals surface area contributed by atoms with Crippen LogP contribution in [0, 0.1) is 24.7 Å². The number of hydrogen-bond donors (Lipinski definition) is 1. The number of anilines is 1. The number of aromatic nitrogens is 1. The molecule has 3 atom stereocenters. The number of amides is 1. The summed E-state index contributed by atoms with van der Waals surface area (Å²) in [5.41, 5.74) is 0.966. The number of carbonyl (C=O) groups is 1. The Morgan fingerprint density at radius 3 is 2.94 bits per heavy atom. The summed E-state index contributed by atoms with van der Waals surface area (Å²) in [6.07, 6.45) is 6.62. The van der Waals surface area contributed by atoms with Gasteiger partial charge in [-0.2, -0.15) is 0 Å². The number of nitrogens with one attached hydrogen (secondary N) is 1. The van der Waals surface area contributed by atoms with Crippen LogP contribution >= 0.6 is 11.3 Å². The second-order valence-corrected chi connectivity index (χ2v) is 5.53. The number of thiazole rings is 1. The van der Waals surface area contributed by atoms with Crippen molar-refractivity contribution in [3.8, 4) is 0 Å². The molecule has 0 aromatic carbocycles. The number of rotatable bonds is 2. The normalized spacial score (nSPS) is 30.9. The van der Waals surface area contributed by atoms with Gasteiger partial charge >= 0.3 is 0 Å². The third-order valence-corrected chi connectivity index (χ3v) is 4.34. The molecule has 3 unspecified atom stereocenters. The van der Waals surface area contributed by atoms with E-state index < -0.39 is 0 Å². The van der Waals surface area contributed by atoms with Crippen molar-refractivity contribution in [2.45, 2.75) is 19.8 Å². The Bertz CT molecular complexity index is 452. The van der Waals surface area contributed by atoms with E-state index in [-0.39, 0.29) is 11.8 Å². The Balaban J connectivity index is 1.68. The molecule has 1 aromatic heterocycles. The van der Waals surface area contributed by atoms with Crippen molar-refractivity contribution in [3.63, 3.8) is 0 Å². The second-order valence-electron chi connectivity index (χ2n) is 4.67. The lowest BCUT2D eigenvalue weighted by molar-refractivity contribution is -0.120. The number of fused-ring (bicyclic) bond motifs is 2. The topological polar surface area (TPSA) is 42.0 Å². The lowest BCUT2D eigenvalue weighted by Crippen LogP contribution is -2.25. The highest BCUT2D eigenvalue weighted by molar-refractivity contribution is 7.13. The van der Waals surface area contributed by atoms with E-state index in [4.69, 9.17) is 0 Å². The Hall–Kier alpha value is -1.16. The molecule has 0 spiro atoms. The zero-order valence-corrected chi connectivity index (χ0v) is 9.96. The van der Waals surface area contributed by atoms with Crippen molar-refractivity contribution in [2.75, 3.05) is 5.32 Å². The van der Waals surface area contributed by atoms with Crippen molar-refractivity contribution in [1.82, 2.24) is 4.98 Å². The number of carbonyl (C=O) groups excluding carboxylic acids is 1. The van der Waals surface area contributed by atoms with E-state index in [0.717, 1.165) is 23.7 Å².